The van der Waals surface area contributed by atoms with E-state index >= 15 is 0 Å². The lowest BCUT2D eigenvalue weighted by Gasteiger charge is -2.27. The Morgan fingerprint density at radius 1 is 1.19 bits per heavy atom. The molecule has 1 rings (SSSR count). The number of Topliss-reactive ketones (excluding diaryl/α,β-unsaturated/α-hetero) is 1. The van der Waals surface area contributed by atoms with Crippen LogP contribution in [0, 0.1) is 5.92 Å². The number of thioether (sulfide) groups is 1. The zero-order valence-corrected chi connectivity index (χ0v) is 17.1. The first-order valence-electron chi connectivity index (χ1n) is 10.0. The fraction of sp³-hybridized carbons (Fsp3) is 0.900. The molecule has 0 aromatic heterocycles. The largest absolute Gasteiger partial charge is 0.481 e. The van der Waals surface area contributed by atoms with Gasteiger partial charge in [0.1, 0.15) is 5.78 Å². The molecule has 26 heavy (non-hydrogen) atoms. The summed E-state index contributed by atoms with van der Waals surface area (Å²) in [6.07, 6.45) is 7.86. The molecule has 0 amide bonds. The number of carbonyl (C=O) groups is 2. The van der Waals surface area contributed by atoms with Crippen LogP contribution in [0.3, 0.4) is 0 Å². The Bertz CT molecular complexity index is 438. The number of unbranched alkanes of at least 4 members (excludes halogenated alkanes) is 5. The van der Waals surface area contributed by atoms with Crippen LogP contribution in [0.4, 0.5) is 0 Å². The van der Waals surface area contributed by atoms with Gasteiger partial charge in [-0.3, -0.25) is 9.59 Å². The minimum atomic E-state index is -0.762. The lowest BCUT2D eigenvalue weighted by atomic mass is 9.98. The number of aliphatic carboxylic acids is 1. The molecule has 0 radical (unpaired) electrons. The number of hydrogen-bond acceptors (Lipinski definition) is 5. The van der Waals surface area contributed by atoms with Gasteiger partial charge in [0.2, 0.25) is 0 Å². The van der Waals surface area contributed by atoms with E-state index in [1.54, 1.807) is 11.8 Å². The van der Waals surface area contributed by atoms with Gasteiger partial charge in [-0.2, -0.15) is 11.8 Å². The van der Waals surface area contributed by atoms with Gasteiger partial charge < -0.3 is 15.3 Å². The molecule has 0 aliphatic heterocycles. The van der Waals surface area contributed by atoms with E-state index in [-0.39, 0.29) is 29.8 Å². The first kappa shape index (κ1) is 23.4. The Kier molecular flexibility index (Phi) is 10.8. The molecule has 4 atom stereocenters. The fourth-order valence-electron chi connectivity index (χ4n) is 3.58. The zero-order valence-electron chi connectivity index (χ0n) is 16.3. The monoisotopic (exact) mass is 388 g/mol. The van der Waals surface area contributed by atoms with Crippen molar-refractivity contribution in [1.82, 2.24) is 0 Å². The third-order valence-electron chi connectivity index (χ3n) is 5.16. The molecular formula is C20H36O5S. The van der Waals surface area contributed by atoms with Gasteiger partial charge >= 0.3 is 5.97 Å². The summed E-state index contributed by atoms with van der Waals surface area (Å²) < 4.78 is 0. The predicted octanol–water partition coefficient (Wildman–Crippen LogP) is 3.79. The highest BCUT2D eigenvalue weighted by molar-refractivity contribution is 8.00. The lowest BCUT2D eigenvalue weighted by Crippen LogP contribution is -2.32. The van der Waals surface area contributed by atoms with E-state index in [1.165, 1.54) is 0 Å². The number of carbonyl (C=O) groups excluding carboxylic acids is 1. The molecule has 5 nitrogen and oxygen atoms in total. The maximum absolute atomic E-state index is 12.2. The summed E-state index contributed by atoms with van der Waals surface area (Å²) in [4.78, 5) is 22.7. The summed E-state index contributed by atoms with van der Waals surface area (Å²) >= 11 is 1.54. The average molecular weight is 389 g/mol. The van der Waals surface area contributed by atoms with E-state index < -0.39 is 17.7 Å². The summed E-state index contributed by atoms with van der Waals surface area (Å²) in [5, 5.41) is 29.3. The van der Waals surface area contributed by atoms with Gasteiger partial charge in [-0.15, -0.1) is 0 Å². The molecule has 0 bridgehead atoms. The van der Waals surface area contributed by atoms with Crippen molar-refractivity contribution in [1.29, 1.82) is 0 Å². The van der Waals surface area contributed by atoms with Crippen LogP contribution in [-0.4, -0.2) is 49.8 Å². The van der Waals surface area contributed by atoms with Crippen molar-refractivity contribution in [2.24, 2.45) is 5.92 Å². The summed E-state index contributed by atoms with van der Waals surface area (Å²) in [5.74, 6) is -0.227. The van der Waals surface area contributed by atoms with E-state index in [1.807, 2.05) is 6.92 Å². The summed E-state index contributed by atoms with van der Waals surface area (Å²) in [6, 6.07) is 0. The molecule has 0 aromatic carbocycles. The van der Waals surface area contributed by atoms with Crippen LogP contribution in [0.5, 0.6) is 0 Å². The molecule has 1 fully saturated rings. The SMILES string of the molecule is CCCCCC(C)(O)CSC1C(O)CC(=O)C1CCCCCCC(=O)O. The molecule has 0 heterocycles. The van der Waals surface area contributed by atoms with Crippen LogP contribution in [0.25, 0.3) is 0 Å². The lowest BCUT2D eigenvalue weighted by molar-refractivity contribution is -0.137. The van der Waals surface area contributed by atoms with Gasteiger partial charge in [0, 0.05) is 29.8 Å². The maximum Gasteiger partial charge on any atom is 0.303 e. The van der Waals surface area contributed by atoms with Crippen LogP contribution in [-0.2, 0) is 9.59 Å². The molecule has 0 saturated heterocycles. The van der Waals surface area contributed by atoms with Crippen LogP contribution in [0.15, 0.2) is 0 Å². The Morgan fingerprint density at radius 2 is 1.88 bits per heavy atom. The average Bonchev–Trinajstić information content (AvgIpc) is 2.82. The fourth-order valence-corrected chi connectivity index (χ4v) is 5.11. The van der Waals surface area contributed by atoms with Gasteiger partial charge in [-0.05, 0) is 26.2 Å². The summed E-state index contributed by atoms with van der Waals surface area (Å²) in [5.41, 5.74) is -0.757. The van der Waals surface area contributed by atoms with E-state index in [9.17, 15) is 19.8 Å². The molecule has 1 saturated carbocycles. The Hall–Kier alpha value is -0.590. The molecule has 152 valence electrons. The van der Waals surface area contributed by atoms with Crippen LogP contribution >= 0.6 is 11.8 Å². The number of rotatable bonds is 14. The van der Waals surface area contributed by atoms with Crippen molar-refractivity contribution in [3.8, 4) is 0 Å². The van der Waals surface area contributed by atoms with Crippen LogP contribution < -0.4 is 0 Å². The third-order valence-corrected chi connectivity index (χ3v) is 6.98. The number of aliphatic hydroxyl groups excluding tert-OH is 1. The minimum Gasteiger partial charge on any atom is -0.481 e. The van der Waals surface area contributed by atoms with Gasteiger partial charge in [-0.25, -0.2) is 0 Å². The maximum atomic E-state index is 12.2. The van der Waals surface area contributed by atoms with Crippen LogP contribution in [0.1, 0.15) is 84.5 Å². The van der Waals surface area contributed by atoms with Gasteiger partial charge in [0.05, 0.1) is 11.7 Å². The van der Waals surface area contributed by atoms with Crippen molar-refractivity contribution in [3.05, 3.63) is 0 Å². The van der Waals surface area contributed by atoms with E-state index in [0.29, 0.717) is 12.2 Å². The van der Waals surface area contributed by atoms with E-state index in [0.717, 1.165) is 51.4 Å². The molecule has 3 N–H and O–H groups in total. The first-order chi connectivity index (χ1) is 12.3. The molecule has 1 aliphatic carbocycles. The Morgan fingerprint density at radius 3 is 2.54 bits per heavy atom. The minimum absolute atomic E-state index is 0.126. The predicted molar refractivity (Wildman–Crippen MR) is 105 cm³/mol. The van der Waals surface area contributed by atoms with E-state index in [2.05, 4.69) is 6.92 Å². The Balaban J connectivity index is 2.39. The second-order valence-electron chi connectivity index (χ2n) is 7.92. The summed E-state index contributed by atoms with van der Waals surface area (Å²) in [6.45, 7) is 3.98. The summed E-state index contributed by atoms with van der Waals surface area (Å²) in [7, 11) is 0. The number of carboxylic acids is 1. The van der Waals surface area contributed by atoms with Gasteiger partial charge in [0.25, 0.3) is 0 Å². The normalized spacial score (nSPS) is 25.4. The van der Waals surface area contributed by atoms with Gasteiger partial charge in [0.15, 0.2) is 0 Å². The van der Waals surface area contributed by atoms with Crippen molar-refractivity contribution in [2.75, 3.05) is 5.75 Å². The van der Waals surface area contributed by atoms with E-state index in [4.69, 9.17) is 5.11 Å². The number of aliphatic hydroxyl groups is 2. The number of hydrogen-bond donors (Lipinski definition) is 3. The zero-order chi connectivity index (χ0) is 19.6. The third kappa shape index (κ3) is 8.87. The van der Waals surface area contributed by atoms with Crippen molar-refractivity contribution in [2.45, 2.75) is 101 Å². The molecule has 6 heteroatoms. The molecule has 1 aliphatic rings. The van der Waals surface area contributed by atoms with Gasteiger partial charge in [-0.1, -0.05) is 45.4 Å². The standard InChI is InChI=1S/C20H36O5S/c1-3-4-9-12-20(2,25)14-26-19-15(16(21)13-17(19)22)10-7-5-6-8-11-18(23)24/h15,17,19,22,25H,3-14H2,1-2H3,(H,23,24). The van der Waals surface area contributed by atoms with Crippen molar-refractivity contribution in [3.63, 3.8) is 0 Å². The smallest absolute Gasteiger partial charge is 0.303 e. The highest BCUT2D eigenvalue weighted by atomic mass is 32.2. The quantitative estimate of drug-likeness (QED) is 0.392. The number of ketones is 1. The highest BCUT2D eigenvalue weighted by Crippen LogP contribution is 2.38. The van der Waals surface area contributed by atoms with Crippen molar-refractivity contribution >= 4 is 23.5 Å². The molecule has 4 unspecified atom stereocenters. The second kappa shape index (κ2) is 12.0. The van der Waals surface area contributed by atoms with Crippen molar-refractivity contribution < 1.29 is 24.9 Å². The highest BCUT2D eigenvalue weighted by Gasteiger charge is 2.42. The topological polar surface area (TPSA) is 94.8 Å². The molecular weight excluding hydrogens is 352 g/mol. The Labute approximate surface area is 161 Å². The molecule has 0 spiro atoms. The first-order valence-corrected chi connectivity index (χ1v) is 11.1. The number of carboxylic acid groups (broad SMARTS) is 1. The molecule has 0 aromatic rings. The van der Waals surface area contributed by atoms with Crippen LogP contribution in [0.2, 0.25) is 0 Å². The second-order valence-corrected chi connectivity index (χ2v) is 9.09.